The monoisotopic (exact) mass is 441 g/mol. The molecule has 0 saturated heterocycles. The molecule has 118 valence electrons. The standard InChI is InChI=1S/C15H10Br2FN3O2/c16-7-1-9-14(20-4-7)23-12-3-11(18)10(17)2-8(12)15(9)6-22-5-13(19)21-15/h1-4H,5-6H2,(H2,19,21). The van der Waals surface area contributed by atoms with Gasteiger partial charge in [-0.2, -0.15) is 0 Å². The Kier molecular flexibility index (Phi) is 3.44. The number of nitrogens with two attached hydrogens (primary N) is 1. The molecule has 1 aromatic heterocycles. The highest BCUT2D eigenvalue weighted by molar-refractivity contribution is 9.10. The molecule has 0 aliphatic carbocycles. The van der Waals surface area contributed by atoms with Crippen LogP contribution in [0, 0.1) is 5.82 Å². The van der Waals surface area contributed by atoms with Crippen molar-refractivity contribution in [3.8, 4) is 11.6 Å². The summed E-state index contributed by atoms with van der Waals surface area (Å²) in [4.78, 5) is 8.93. The number of halogens is 3. The van der Waals surface area contributed by atoms with Crippen LogP contribution in [0.25, 0.3) is 0 Å². The Morgan fingerprint density at radius 2 is 2.04 bits per heavy atom. The smallest absolute Gasteiger partial charge is 0.225 e. The molecule has 1 unspecified atom stereocenters. The molecule has 2 aliphatic heterocycles. The summed E-state index contributed by atoms with van der Waals surface area (Å²) in [6.07, 6.45) is 1.61. The van der Waals surface area contributed by atoms with Crippen LogP contribution >= 0.6 is 31.9 Å². The SMILES string of the molecule is NC1=NC2(COC1)c1cc(Br)c(F)cc1Oc1ncc(Br)cc12. The molecule has 0 radical (unpaired) electrons. The number of rotatable bonds is 0. The van der Waals surface area contributed by atoms with Gasteiger partial charge in [0.15, 0.2) is 0 Å². The average molecular weight is 443 g/mol. The van der Waals surface area contributed by atoms with E-state index in [9.17, 15) is 4.39 Å². The quantitative estimate of drug-likeness (QED) is 0.678. The molecule has 4 rings (SSSR count). The van der Waals surface area contributed by atoms with Gasteiger partial charge >= 0.3 is 0 Å². The Balaban J connectivity index is 2.06. The number of hydrogen-bond donors (Lipinski definition) is 1. The number of amidine groups is 1. The van der Waals surface area contributed by atoms with Gasteiger partial charge in [-0.1, -0.05) is 0 Å². The Labute approximate surface area is 148 Å². The second-order valence-corrected chi connectivity index (χ2v) is 7.10. The van der Waals surface area contributed by atoms with Crippen LogP contribution in [0.1, 0.15) is 11.1 Å². The van der Waals surface area contributed by atoms with Crippen LogP contribution in [-0.2, 0) is 10.3 Å². The number of benzene rings is 1. The van der Waals surface area contributed by atoms with Crippen molar-refractivity contribution in [1.82, 2.24) is 4.98 Å². The Morgan fingerprint density at radius 1 is 1.22 bits per heavy atom. The summed E-state index contributed by atoms with van der Waals surface area (Å²) in [5, 5.41) is 0. The lowest BCUT2D eigenvalue weighted by molar-refractivity contribution is 0.109. The lowest BCUT2D eigenvalue weighted by Gasteiger charge is -2.38. The largest absolute Gasteiger partial charge is 0.438 e. The van der Waals surface area contributed by atoms with Crippen LogP contribution < -0.4 is 10.5 Å². The molecular weight excluding hydrogens is 433 g/mol. The highest BCUT2D eigenvalue weighted by atomic mass is 79.9. The van der Waals surface area contributed by atoms with E-state index in [0.717, 1.165) is 10.0 Å². The molecule has 0 bridgehead atoms. The first-order valence-electron chi connectivity index (χ1n) is 6.75. The minimum atomic E-state index is -0.905. The first-order chi connectivity index (χ1) is 11.0. The van der Waals surface area contributed by atoms with Crippen molar-refractivity contribution in [3.63, 3.8) is 0 Å². The van der Waals surface area contributed by atoms with Crippen LogP contribution in [0.4, 0.5) is 4.39 Å². The first-order valence-corrected chi connectivity index (χ1v) is 8.33. The van der Waals surface area contributed by atoms with Crippen LogP contribution in [0.2, 0.25) is 0 Å². The van der Waals surface area contributed by atoms with E-state index in [1.54, 1.807) is 12.3 Å². The summed E-state index contributed by atoms with van der Waals surface area (Å²) in [7, 11) is 0. The number of fused-ring (bicyclic) bond motifs is 4. The van der Waals surface area contributed by atoms with Gasteiger partial charge in [-0.15, -0.1) is 0 Å². The normalized spacial score (nSPS) is 22.1. The second-order valence-electron chi connectivity index (χ2n) is 5.33. The molecule has 5 nitrogen and oxygen atoms in total. The highest BCUT2D eigenvalue weighted by Gasteiger charge is 2.46. The van der Waals surface area contributed by atoms with Gasteiger partial charge in [0, 0.05) is 22.3 Å². The van der Waals surface area contributed by atoms with Crippen molar-refractivity contribution < 1.29 is 13.9 Å². The van der Waals surface area contributed by atoms with Gasteiger partial charge < -0.3 is 15.2 Å². The molecule has 2 N–H and O–H groups in total. The average Bonchev–Trinajstić information content (AvgIpc) is 2.51. The predicted molar refractivity (Wildman–Crippen MR) is 89.3 cm³/mol. The minimum Gasteiger partial charge on any atom is -0.438 e. The van der Waals surface area contributed by atoms with Crippen molar-refractivity contribution in [3.05, 3.63) is 50.3 Å². The van der Waals surface area contributed by atoms with E-state index in [1.165, 1.54) is 6.07 Å². The summed E-state index contributed by atoms with van der Waals surface area (Å²) in [6.45, 7) is 0.532. The van der Waals surface area contributed by atoms with E-state index >= 15 is 0 Å². The maximum Gasteiger partial charge on any atom is 0.225 e. The van der Waals surface area contributed by atoms with Gasteiger partial charge in [0.1, 0.15) is 29.5 Å². The Hall–Kier alpha value is -1.51. The molecule has 0 saturated carbocycles. The zero-order valence-corrected chi connectivity index (χ0v) is 14.8. The van der Waals surface area contributed by atoms with Gasteiger partial charge in [0.05, 0.1) is 16.6 Å². The summed E-state index contributed by atoms with van der Waals surface area (Å²) < 4.78 is 26.4. The molecule has 1 spiro atoms. The van der Waals surface area contributed by atoms with E-state index in [-0.39, 0.29) is 13.2 Å². The predicted octanol–water partition coefficient (Wildman–Crippen LogP) is 3.48. The number of aliphatic imine (C=N–C) groups is 1. The summed E-state index contributed by atoms with van der Waals surface area (Å²) in [5.41, 5.74) is 6.43. The van der Waals surface area contributed by atoms with Gasteiger partial charge in [-0.05, 0) is 44.0 Å². The maximum absolute atomic E-state index is 13.9. The summed E-state index contributed by atoms with van der Waals surface area (Å²) in [6, 6.07) is 4.84. The third-order valence-electron chi connectivity index (χ3n) is 3.83. The van der Waals surface area contributed by atoms with Gasteiger partial charge in [-0.25, -0.2) is 9.37 Å². The second kappa shape index (κ2) is 5.25. The molecule has 3 heterocycles. The molecule has 2 aromatic rings. The Bertz CT molecular complexity index is 859. The van der Waals surface area contributed by atoms with Crippen molar-refractivity contribution in [1.29, 1.82) is 0 Å². The van der Waals surface area contributed by atoms with Crippen molar-refractivity contribution in [2.75, 3.05) is 13.2 Å². The third-order valence-corrected chi connectivity index (χ3v) is 4.87. The Morgan fingerprint density at radius 3 is 2.83 bits per heavy atom. The topological polar surface area (TPSA) is 69.7 Å². The van der Waals surface area contributed by atoms with Gasteiger partial charge in [0.25, 0.3) is 0 Å². The summed E-state index contributed by atoms with van der Waals surface area (Å²) in [5.74, 6) is 0.670. The fraction of sp³-hybridized carbons (Fsp3) is 0.200. The van der Waals surface area contributed by atoms with E-state index in [0.29, 0.717) is 27.5 Å². The number of ether oxygens (including phenoxy) is 2. The van der Waals surface area contributed by atoms with Crippen LogP contribution in [0.5, 0.6) is 11.6 Å². The van der Waals surface area contributed by atoms with Gasteiger partial charge in [-0.3, -0.25) is 4.99 Å². The molecule has 0 amide bonds. The van der Waals surface area contributed by atoms with E-state index in [4.69, 9.17) is 15.2 Å². The van der Waals surface area contributed by atoms with Gasteiger partial charge in [0.2, 0.25) is 5.88 Å². The molecule has 2 aliphatic rings. The molecule has 1 atom stereocenters. The van der Waals surface area contributed by atoms with Crippen LogP contribution in [0.15, 0.2) is 38.3 Å². The van der Waals surface area contributed by atoms with E-state index in [1.807, 2.05) is 6.07 Å². The van der Waals surface area contributed by atoms with Crippen molar-refractivity contribution in [2.45, 2.75) is 5.54 Å². The maximum atomic E-state index is 13.9. The highest BCUT2D eigenvalue weighted by Crippen LogP contribution is 2.50. The molecule has 0 fully saturated rings. The number of pyridine rings is 1. The molecule has 8 heteroatoms. The van der Waals surface area contributed by atoms with E-state index < -0.39 is 11.4 Å². The van der Waals surface area contributed by atoms with Crippen molar-refractivity contribution in [2.24, 2.45) is 10.7 Å². The number of hydrogen-bond acceptors (Lipinski definition) is 5. The fourth-order valence-electron chi connectivity index (χ4n) is 2.88. The minimum absolute atomic E-state index is 0.261. The van der Waals surface area contributed by atoms with Crippen molar-refractivity contribution >= 4 is 37.7 Å². The zero-order valence-electron chi connectivity index (χ0n) is 11.6. The zero-order chi connectivity index (χ0) is 16.2. The lowest BCUT2D eigenvalue weighted by atomic mass is 9.81. The van der Waals surface area contributed by atoms with Crippen LogP contribution in [0.3, 0.4) is 0 Å². The number of nitrogens with zero attached hydrogens (tertiary/aromatic N) is 2. The number of aromatic nitrogens is 1. The van der Waals surface area contributed by atoms with Crippen LogP contribution in [-0.4, -0.2) is 24.0 Å². The third kappa shape index (κ3) is 2.28. The van der Waals surface area contributed by atoms with E-state index in [2.05, 4.69) is 41.8 Å². The molecule has 1 aromatic carbocycles. The lowest BCUT2D eigenvalue weighted by Crippen LogP contribution is -2.42. The first kappa shape index (κ1) is 15.0. The molecular formula is C15H10Br2FN3O2. The summed E-state index contributed by atoms with van der Waals surface area (Å²) >= 11 is 6.63. The molecule has 23 heavy (non-hydrogen) atoms. The fourth-order valence-corrected chi connectivity index (χ4v) is 3.55.